The average molecular weight is 402 g/mol. The molecule has 1 heterocycles. The minimum atomic E-state index is -0.108. The number of nitrogens with zero attached hydrogens (tertiary/aromatic N) is 1. The summed E-state index contributed by atoms with van der Waals surface area (Å²) in [5.74, 6) is 0.819. The van der Waals surface area contributed by atoms with Crippen LogP contribution in [0.3, 0.4) is 0 Å². The number of amides is 2. The summed E-state index contributed by atoms with van der Waals surface area (Å²) in [5.41, 5.74) is 2.30. The van der Waals surface area contributed by atoms with Crippen molar-refractivity contribution in [1.82, 2.24) is 4.98 Å². The molecule has 2 N–H and O–H groups in total. The number of rotatable bonds is 7. The van der Waals surface area contributed by atoms with Gasteiger partial charge in [0.1, 0.15) is 5.75 Å². The van der Waals surface area contributed by atoms with Crippen molar-refractivity contribution >= 4 is 56.5 Å². The van der Waals surface area contributed by atoms with E-state index in [1.807, 2.05) is 43.3 Å². The molecule has 0 spiro atoms. The van der Waals surface area contributed by atoms with Crippen molar-refractivity contribution in [3.63, 3.8) is 0 Å². The van der Waals surface area contributed by atoms with Crippen LogP contribution in [0.1, 0.15) is 13.3 Å². The Kier molecular flexibility index (Phi) is 6.31. The van der Waals surface area contributed by atoms with Gasteiger partial charge in [0.2, 0.25) is 11.8 Å². The van der Waals surface area contributed by atoms with E-state index in [1.165, 1.54) is 23.1 Å². The number of thioether (sulfide) groups is 1. The lowest BCUT2D eigenvalue weighted by molar-refractivity contribution is -0.116. The number of fused-ring (bicyclic) bond motifs is 1. The molecule has 0 saturated heterocycles. The second-order valence-electron chi connectivity index (χ2n) is 5.63. The van der Waals surface area contributed by atoms with Crippen LogP contribution in [-0.4, -0.2) is 29.7 Å². The predicted octanol–water partition coefficient (Wildman–Crippen LogP) is 4.38. The Morgan fingerprint density at radius 2 is 1.89 bits per heavy atom. The molecule has 0 fully saturated rings. The van der Waals surface area contributed by atoms with E-state index in [4.69, 9.17) is 4.74 Å². The van der Waals surface area contributed by atoms with Crippen LogP contribution in [0.15, 0.2) is 46.8 Å². The summed E-state index contributed by atoms with van der Waals surface area (Å²) in [5, 5.41) is 5.69. The van der Waals surface area contributed by atoms with E-state index in [-0.39, 0.29) is 17.6 Å². The third-order valence-corrected chi connectivity index (χ3v) is 5.82. The van der Waals surface area contributed by atoms with Crippen LogP contribution < -0.4 is 15.4 Å². The minimum absolute atomic E-state index is 0.0253. The molecule has 27 heavy (non-hydrogen) atoms. The normalized spacial score (nSPS) is 10.6. The van der Waals surface area contributed by atoms with Crippen molar-refractivity contribution in [1.29, 1.82) is 0 Å². The third-order valence-electron chi connectivity index (χ3n) is 3.65. The Morgan fingerprint density at radius 3 is 2.67 bits per heavy atom. The van der Waals surface area contributed by atoms with E-state index in [2.05, 4.69) is 15.6 Å². The topological polar surface area (TPSA) is 80.3 Å². The molecule has 3 rings (SSSR count). The van der Waals surface area contributed by atoms with E-state index < -0.39 is 0 Å². The number of benzene rings is 2. The monoisotopic (exact) mass is 401 g/mol. The van der Waals surface area contributed by atoms with E-state index in [0.717, 1.165) is 20.2 Å². The quantitative estimate of drug-likeness (QED) is 0.574. The highest BCUT2D eigenvalue weighted by Gasteiger charge is 2.10. The Morgan fingerprint density at radius 1 is 1.11 bits per heavy atom. The first-order valence-corrected chi connectivity index (χ1v) is 10.1. The second-order valence-corrected chi connectivity index (χ2v) is 7.89. The number of nitrogens with one attached hydrogen (secondary N) is 2. The first-order chi connectivity index (χ1) is 13.1. The Balaban J connectivity index is 1.60. The van der Waals surface area contributed by atoms with Gasteiger partial charge in [-0.3, -0.25) is 9.59 Å². The predicted molar refractivity (Wildman–Crippen MR) is 111 cm³/mol. The molecular weight excluding hydrogens is 382 g/mol. The molecular formula is C19H19N3O3S2. The maximum absolute atomic E-state index is 12.2. The fourth-order valence-electron chi connectivity index (χ4n) is 2.32. The number of carbonyl (C=O) groups excluding carboxylic acids is 2. The largest absolute Gasteiger partial charge is 0.497 e. The highest BCUT2D eigenvalue weighted by Crippen LogP contribution is 2.31. The number of aromatic nitrogens is 1. The molecule has 8 heteroatoms. The zero-order chi connectivity index (χ0) is 19.2. The highest BCUT2D eigenvalue weighted by molar-refractivity contribution is 8.01. The fraction of sp³-hybridized carbons (Fsp3) is 0.211. The Bertz CT molecular complexity index is 972. The maximum atomic E-state index is 12.2. The summed E-state index contributed by atoms with van der Waals surface area (Å²) >= 11 is 2.89. The number of methoxy groups -OCH3 is 1. The standard InChI is InChI=1S/C19H19N3O3S2/c1-3-17(23)20-13-7-8-15-16(10-13)27-19(22-15)26-11-18(24)21-12-5-4-6-14(9-12)25-2/h4-10H,3,11H2,1-2H3,(H,20,23)(H,21,24). The van der Waals surface area contributed by atoms with Crippen LogP contribution in [0.2, 0.25) is 0 Å². The van der Waals surface area contributed by atoms with Crippen LogP contribution in [0, 0.1) is 0 Å². The summed E-state index contributed by atoms with van der Waals surface area (Å²) in [4.78, 5) is 28.2. The fourth-order valence-corrected chi connectivity index (χ4v) is 4.23. The van der Waals surface area contributed by atoms with Gasteiger partial charge in [-0.1, -0.05) is 24.8 Å². The van der Waals surface area contributed by atoms with Gasteiger partial charge in [-0.25, -0.2) is 4.98 Å². The highest BCUT2D eigenvalue weighted by atomic mass is 32.2. The van der Waals surface area contributed by atoms with Crippen LogP contribution in [-0.2, 0) is 9.59 Å². The number of hydrogen-bond donors (Lipinski definition) is 2. The molecule has 0 aliphatic carbocycles. The van der Waals surface area contributed by atoms with Gasteiger partial charge in [0, 0.05) is 23.9 Å². The van der Waals surface area contributed by atoms with Gasteiger partial charge in [0.25, 0.3) is 0 Å². The number of hydrogen-bond acceptors (Lipinski definition) is 6. The average Bonchev–Trinajstić information content (AvgIpc) is 3.08. The van der Waals surface area contributed by atoms with Crippen molar-refractivity contribution in [2.24, 2.45) is 0 Å². The first-order valence-electron chi connectivity index (χ1n) is 8.34. The van der Waals surface area contributed by atoms with Crippen LogP contribution >= 0.6 is 23.1 Å². The van der Waals surface area contributed by atoms with Crippen LogP contribution in [0.5, 0.6) is 5.75 Å². The number of carbonyl (C=O) groups is 2. The molecule has 1 aromatic heterocycles. The first kappa shape index (κ1) is 19.2. The van der Waals surface area contributed by atoms with Crippen molar-refractivity contribution in [2.75, 3.05) is 23.5 Å². The molecule has 3 aromatic rings. The molecule has 0 saturated carbocycles. The molecule has 2 amide bonds. The van der Waals surface area contributed by atoms with Gasteiger partial charge in [-0.2, -0.15) is 0 Å². The molecule has 6 nitrogen and oxygen atoms in total. The molecule has 0 atom stereocenters. The third kappa shape index (κ3) is 5.21. The SMILES string of the molecule is CCC(=O)Nc1ccc2nc(SCC(=O)Nc3cccc(OC)c3)sc2c1. The maximum Gasteiger partial charge on any atom is 0.234 e. The Labute approximate surface area is 165 Å². The zero-order valence-corrected chi connectivity index (χ0v) is 16.6. The van der Waals surface area contributed by atoms with Crippen molar-refractivity contribution in [3.8, 4) is 5.75 Å². The number of thiazole rings is 1. The van der Waals surface area contributed by atoms with Crippen molar-refractivity contribution in [3.05, 3.63) is 42.5 Å². The van der Waals surface area contributed by atoms with Crippen LogP contribution in [0.4, 0.5) is 11.4 Å². The van der Waals surface area contributed by atoms with Gasteiger partial charge in [0.15, 0.2) is 4.34 Å². The number of anilines is 2. The zero-order valence-electron chi connectivity index (χ0n) is 14.9. The van der Waals surface area contributed by atoms with Gasteiger partial charge in [-0.15, -0.1) is 11.3 Å². The molecule has 0 bridgehead atoms. The van der Waals surface area contributed by atoms with E-state index in [9.17, 15) is 9.59 Å². The molecule has 2 aromatic carbocycles. The summed E-state index contributed by atoms with van der Waals surface area (Å²) in [6.07, 6.45) is 0.435. The summed E-state index contributed by atoms with van der Waals surface area (Å²) in [6.45, 7) is 1.81. The molecule has 0 aliphatic rings. The van der Waals surface area contributed by atoms with Crippen LogP contribution in [0.25, 0.3) is 10.2 Å². The van der Waals surface area contributed by atoms with Gasteiger partial charge in [-0.05, 0) is 30.3 Å². The Hall–Kier alpha value is -2.58. The van der Waals surface area contributed by atoms with Crippen molar-refractivity contribution in [2.45, 2.75) is 17.7 Å². The lowest BCUT2D eigenvalue weighted by Crippen LogP contribution is -2.13. The molecule has 0 aliphatic heterocycles. The summed E-state index contributed by atoms with van der Waals surface area (Å²) in [6, 6.07) is 12.8. The van der Waals surface area contributed by atoms with E-state index >= 15 is 0 Å². The van der Waals surface area contributed by atoms with Gasteiger partial charge >= 0.3 is 0 Å². The van der Waals surface area contributed by atoms with E-state index in [0.29, 0.717) is 17.9 Å². The smallest absolute Gasteiger partial charge is 0.234 e. The molecule has 140 valence electrons. The lowest BCUT2D eigenvalue weighted by atomic mass is 10.3. The number of ether oxygens (including phenoxy) is 1. The lowest BCUT2D eigenvalue weighted by Gasteiger charge is -2.06. The summed E-state index contributed by atoms with van der Waals surface area (Å²) < 4.78 is 6.93. The van der Waals surface area contributed by atoms with Gasteiger partial charge < -0.3 is 15.4 Å². The van der Waals surface area contributed by atoms with Gasteiger partial charge in [0.05, 0.1) is 23.1 Å². The minimum Gasteiger partial charge on any atom is -0.497 e. The summed E-state index contributed by atoms with van der Waals surface area (Å²) in [7, 11) is 1.59. The second kappa shape index (κ2) is 8.88. The van der Waals surface area contributed by atoms with Crippen molar-refractivity contribution < 1.29 is 14.3 Å². The molecule has 0 unspecified atom stereocenters. The van der Waals surface area contributed by atoms with E-state index in [1.54, 1.807) is 13.2 Å². The molecule has 0 radical (unpaired) electrons.